The van der Waals surface area contributed by atoms with E-state index < -0.39 is 0 Å². The molecule has 1 aliphatic heterocycles. The van der Waals surface area contributed by atoms with E-state index in [2.05, 4.69) is 4.98 Å². The molecule has 74 valence electrons. The molecular weight excluding hydrogens is 180 g/mol. The summed E-state index contributed by atoms with van der Waals surface area (Å²) in [7, 11) is 0. The summed E-state index contributed by atoms with van der Waals surface area (Å²) in [6, 6.07) is 1.67. The van der Waals surface area contributed by atoms with Gasteiger partial charge in [0.2, 0.25) is 0 Å². The molecule has 1 amide bonds. The maximum absolute atomic E-state index is 11.8. The van der Waals surface area contributed by atoms with Gasteiger partial charge in [-0.25, -0.2) is 0 Å². The van der Waals surface area contributed by atoms with Gasteiger partial charge >= 0.3 is 0 Å². The van der Waals surface area contributed by atoms with E-state index in [1.54, 1.807) is 17.2 Å². The van der Waals surface area contributed by atoms with Crippen molar-refractivity contribution >= 4 is 5.91 Å². The van der Waals surface area contributed by atoms with Crippen molar-refractivity contribution < 1.29 is 9.90 Å². The summed E-state index contributed by atoms with van der Waals surface area (Å²) in [6.45, 7) is 1.52. The number of aliphatic hydroxyl groups excluding tert-OH is 1. The predicted octanol–water partition coefficient (Wildman–Crippen LogP) is 0.420. The molecular formula is C10H12N2O2. The van der Waals surface area contributed by atoms with Crippen LogP contribution in [0.25, 0.3) is 0 Å². The zero-order chi connectivity index (χ0) is 9.97. The summed E-state index contributed by atoms with van der Waals surface area (Å²) >= 11 is 0. The number of hydrogen-bond donors (Lipinski definition) is 1. The number of pyridine rings is 1. The van der Waals surface area contributed by atoms with Crippen LogP contribution < -0.4 is 0 Å². The minimum Gasteiger partial charge on any atom is -0.392 e. The monoisotopic (exact) mass is 192 g/mol. The molecule has 0 bridgehead atoms. The zero-order valence-electron chi connectivity index (χ0n) is 7.81. The van der Waals surface area contributed by atoms with Gasteiger partial charge in [0.1, 0.15) is 0 Å². The average molecular weight is 192 g/mol. The van der Waals surface area contributed by atoms with Gasteiger partial charge in [-0.15, -0.1) is 0 Å². The molecule has 0 unspecified atom stereocenters. The molecule has 0 spiro atoms. The van der Waals surface area contributed by atoms with E-state index in [9.17, 15) is 4.79 Å². The van der Waals surface area contributed by atoms with Crippen LogP contribution >= 0.6 is 0 Å². The molecule has 0 atom stereocenters. The molecule has 0 saturated carbocycles. The molecule has 1 N–H and O–H groups in total. The van der Waals surface area contributed by atoms with Gasteiger partial charge in [-0.2, -0.15) is 0 Å². The van der Waals surface area contributed by atoms with Crippen LogP contribution in [0.5, 0.6) is 0 Å². The number of aromatic nitrogens is 1. The van der Waals surface area contributed by atoms with Crippen molar-refractivity contribution in [3.05, 3.63) is 29.6 Å². The van der Waals surface area contributed by atoms with E-state index in [1.807, 2.05) is 0 Å². The Labute approximate surface area is 82.2 Å². The second-order valence-electron chi connectivity index (χ2n) is 3.34. The van der Waals surface area contributed by atoms with Gasteiger partial charge in [0.05, 0.1) is 12.2 Å². The lowest BCUT2D eigenvalue weighted by molar-refractivity contribution is 0.0648. The van der Waals surface area contributed by atoms with E-state index in [-0.39, 0.29) is 12.5 Å². The van der Waals surface area contributed by atoms with Crippen LogP contribution in [-0.2, 0) is 6.61 Å². The average Bonchev–Trinajstić information content (AvgIpc) is 2.15. The Balaban J connectivity index is 2.25. The second-order valence-corrected chi connectivity index (χ2v) is 3.34. The fraction of sp³-hybridized carbons (Fsp3) is 0.400. The highest BCUT2D eigenvalue weighted by atomic mass is 16.3. The largest absolute Gasteiger partial charge is 0.392 e. The highest BCUT2D eigenvalue weighted by Gasteiger charge is 2.23. The normalized spacial score (nSPS) is 15.1. The summed E-state index contributed by atoms with van der Waals surface area (Å²) < 4.78 is 0. The Morgan fingerprint density at radius 2 is 2.36 bits per heavy atom. The van der Waals surface area contributed by atoms with E-state index in [0.717, 1.165) is 19.5 Å². The third-order valence-corrected chi connectivity index (χ3v) is 2.46. The van der Waals surface area contributed by atoms with Gasteiger partial charge < -0.3 is 10.0 Å². The van der Waals surface area contributed by atoms with Gasteiger partial charge in [0.25, 0.3) is 5.91 Å². The standard InChI is InChI=1S/C10H12N2O2/c13-7-8-2-3-11-6-9(8)10(14)12-4-1-5-12/h2-3,6,13H,1,4-5,7H2. The van der Waals surface area contributed by atoms with Crippen LogP contribution in [-0.4, -0.2) is 34.0 Å². The first-order chi connectivity index (χ1) is 6.83. The first-order valence-corrected chi connectivity index (χ1v) is 4.66. The number of amides is 1. The Hall–Kier alpha value is -1.42. The van der Waals surface area contributed by atoms with Gasteiger partial charge in [0.15, 0.2) is 0 Å². The molecule has 2 heterocycles. The number of rotatable bonds is 2. The predicted molar refractivity (Wildman–Crippen MR) is 50.7 cm³/mol. The highest BCUT2D eigenvalue weighted by Crippen LogP contribution is 2.15. The minimum absolute atomic E-state index is 0.0200. The van der Waals surface area contributed by atoms with Crippen LogP contribution in [0.1, 0.15) is 22.3 Å². The molecule has 0 radical (unpaired) electrons. The van der Waals surface area contributed by atoms with Crippen molar-refractivity contribution in [2.75, 3.05) is 13.1 Å². The molecule has 1 fully saturated rings. The molecule has 1 aliphatic rings. The first kappa shape index (κ1) is 9.15. The smallest absolute Gasteiger partial charge is 0.255 e. The summed E-state index contributed by atoms with van der Waals surface area (Å²) in [5.74, 6) is -0.0200. The fourth-order valence-corrected chi connectivity index (χ4v) is 1.44. The summed E-state index contributed by atoms with van der Waals surface area (Å²) in [5, 5.41) is 9.04. The van der Waals surface area contributed by atoms with Crippen molar-refractivity contribution in [2.24, 2.45) is 0 Å². The van der Waals surface area contributed by atoms with Crippen LogP contribution in [0.4, 0.5) is 0 Å². The fourth-order valence-electron chi connectivity index (χ4n) is 1.44. The van der Waals surface area contributed by atoms with Crippen molar-refractivity contribution in [3.8, 4) is 0 Å². The maximum atomic E-state index is 11.8. The van der Waals surface area contributed by atoms with Crippen LogP contribution in [0, 0.1) is 0 Å². The molecule has 4 nitrogen and oxygen atoms in total. The third-order valence-electron chi connectivity index (χ3n) is 2.46. The molecule has 14 heavy (non-hydrogen) atoms. The van der Waals surface area contributed by atoms with Gasteiger partial charge in [-0.1, -0.05) is 0 Å². The van der Waals surface area contributed by atoms with Gasteiger partial charge in [-0.05, 0) is 18.1 Å². The number of aliphatic hydroxyl groups is 1. The maximum Gasteiger partial charge on any atom is 0.255 e. The van der Waals surface area contributed by atoms with Crippen LogP contribution in [0.3, 0.4) is 0 Å². The quantitative estimate of drug-likeness (QED) is 0.738. The van der Waals surface area contributed by atoms with E-state index >= 15 is 0 Å². The third kappa shape index (κ3) is 1.48. The Kier molecular flexibility index (Phi) is 2.45. The van der Waals surface area contributed by atoms with Crippen molar-refractivity contribution in [3.63, 3.8) is 0 Å². The van der Waals surface area contributed by atoms with Crippen molar-refractivity contribution in [1.82, 2.24) is 9.88 Å². The summed E-state index contributed by atoms with van der Waals surface area (Å²) in [4.78, 5) is 17.4. The number of carbonyl (C=O) groups excluding carboxylic acids is 1. The summed E-state index contributed by atoms with van der Waals surface area (Å²) in [6.07, 6.45) is 4.17. The Morgan fingerprint density at radius 3 is 2.93 bits per heavy atom. The molecule has 1 aromatic heterocycles. The number of hydrogen-bond acceptors (Lipinski definition) is 3. The lowest BCUT2D eigenvalue weighted by Gasteiger charge is -2.31. The van der Waals surface area contributed by atoms with Crippen LogP contribution in [0.2, 0.25) is 0 Å². The minimum atomic E-state index is -0.114. The lowest BCUT2D eigenvalue weighted by atomic mass is 10.1. The van der Waals surface area contributed by atoms with Crippen molar-refractivity contribution in [2.45, 2.75) is 13.0 Å². The van der Waals surface area contributed by atoms with Gasteiger partial charge in [0, 0.05) is 25.5 Å². The van der Waals surface area contributed by atoms with Gasteiger partial charge in [-0.3, -0.25) is 9.78 Å². The van der Waals surface area contributed by atoms with Crippen molar-refractivity contribution in [1.29, 1.82) is 0 Å². The topological polar surface area (TPSA) is 53.4 Å². The molecule has 1 aromatic rings. The van der Waals surface area contributed by atoms with Crippen LogP contribution in [0.15, 0.2) is 18.5 Å². The molecule has 1 saturated heterocycles. The highest BCUT2D eigenvalue weighted by molar-refractivity contribution is 5.95. The molecule has 4 heteroatoms. The first-order valence-electron chi connectivity index (χ1n) is 4.66. The second kappa shape index (κ2) is 3.75. The Morgan fingerprint density at radius 1 is 1.57 bits per heavy atom. The number of nitrogens with zero attached hydrogens (tertiary/aromatic N) is 2. The Bertz CT molecular complexity index is 348. The molecule has 2 rings (SSSR count). The zero-order valence-corrected chi connectivity index (χ0v) is 7.81. The van der Waals surface area contributed by atoms with E-state index in [4.69, 9.17) is 5.11 Å². The lowest BCUT2D eigenvalue weighted by Crippen LogP contribution is -2.42. The molecule has 0 aromatic carbocycles. The number of likely N-dealkylation sites (tertiary alicyclic amines) is 1. The SMILES string of the molecule is O=C(c1cnccc1CO)N1CCC1. The van der Waals surface area contributed by atoms with E-state index in [1.165, 1.54) is 6.20 Å². The number of carbonyl (C=O) groups is 1. The molecule has 0 aliphatic carbocycles. The summed E-state index contributed by atoms with van der Waals surface area (Å²) in [5.41, 5.74) is 1.17. The van der Waals surface area contributed by atoms with E-state index in [0.29, 0.717) is 11.1 Å².